The summed E-state index contributed by atoms with van der Waals surface area (Å²) in [6, 6.07) is 5.85. The Morgan fingerprint density at radius 1 is 1.28 bits per heavy atom. The SMILES string of the molecule is COC(=O)O/N=C1\CCCc2ccc(OC)cc21. The van der Waals surface area contributed by atoms with E-state index in [4.69, 9.17) is 4.74 Å². The summed E-state index contributed by atoms with van der Waals surface area (Å²) in [6.45, 7) is 0. The van der Waals surface area contributed by atoms with Crippen LogP contribution in [0.25, 0.3) is 0 Å². The summed E-state index contributed by atoms with van der Waals surface area (Å²) >= 11 is 0. The van der Waals surface area contributed by atoms with Crippen LogP contribution in [0.15, 0.2) is 23.4 Å². The van der Waals surface area contributed by atoms with Gasteiger partial charge in [-0.2, -0.15) is 0 Å². The molecule has 0 spiro atoms. The van der Waals surface area contributed by atoms with Gasteiger partial charge in [0.15, 0.2) is 0 Å². The molecule has 0 N–H and O–H groups in total. The molecular formula is C13H15NO4. The van der Waals surface area contributed by atoms with Crippen molar-refractivity contribution in [3.05, 3.63) is 29.3 Å². The number of aryl methyl sites for hydroxylation is 1. The smallest absolute Gasteiger partial charge is 0.497 e. The van der Waals surface area contributed by atoms with Crippen molar-refractivity contribution in [1.82, 2.24) is 0 Å². The van der Waals surface area contributed by atoms with Crippen LogP contribution < -0.4 is 4.74 Å². The van der Waals surface area contributed by atoms with Crippen LogP contribution in [0.1, 0.15) is 24.0 Å². The first-order valence-electron chi connectivity index (χ1n) is 5.73. The summed E-state index contributed by atoms with van der Waals surface area (Å²) in [6.07, 6.45) is 1.95. The Morgan fingerprint density at radius 2 is 2.11 bits per heavy atom. The van der Waals surface area contributed by atoms with Crippen molar-refractivity contribution in [2.24, 2.45) is 5.16 Å². The fourth-order valence-electron chi connectivity index (χ4n) is 1.97. The molecule has 5 nitrogen and oxygen atoms in total. The number of ether oxygens (including phenoxy) is 2. The highest BCUT2D eigenvalue weighted by Gasteiger charge is 2.17. The molecule has 5 heteroatoms. The molecule has 2 rings (SSSR count). The van der Waals surface area contributed by atoms with Crippen LogP contribution in [-0.2, 0) is 16.0 Å². The van der Waals surface area contributed by atoms with Gasteiger partial charge in [0.2, 0.25) is 0 Å². The fraction of sp³-hybridized carbons (Fsp3) is 0.385. The topological polar surface area (TPSA) is 57.1 Å². The minimum Gasteiger partial charge on any atom is -0.497 e. The Hall–Kier alpha value is -2.04. The van der Waals surface area contributed by atoms with E-state index in [0.29, 0.717) is 0 Å². The van der Waals surface area contributed by atoms with E-state index in [1.54, 1.807) is 7.11 Å². The third-order valence-corrected chi connectivity index (χ3v) is 2.88. The van der Waals surface area contributed by atoms with Gasteiger partial charge in [-0.15, -0.1) is 0 Å². The molecule has 0 radical (unpaired) electrons. The van der Waals surface area contributed by atoms with Gasteiger partial charge in [0.05, 0.1) is 19.9 Å². The maximum Gasteiger partial charge on any atom is 0.534 e. The molecule has 96 valence electrons. The molecule has 0 amide bonds. The average molecular weight is 249 g/mol. The van der Waals surface area contributed by atoms with E-state index in [2.05, 4.69) is 14.7 Å². The molecule has 0 atom stereocenters. The zero-order valence-electron chi connectivity index (χ0n) is 10.4. The second kappa shape index (κ2) is 5.53. The minimum absolute atomic E-state index is 0.751. The lowest BCUT2D eigenvalue weighted by Crippen LogP contribution is -2.13. The molecule has 1 aromatic rings. The number of benzene rings is 1. The number of rotatable bonds is 2. The zero-order chi connectivity index (χ0) is 13.0. The first-order chi connectivity index (χ1) is 8.74. The van der Waals surface area contributed by atoms with Gasteiger partial charge >= 0.3 is 6.16 Å². The molecule has 0 heterocycles. The second-order valence-electron chi connectivity index (χ2n) is 3.96. The van der Waals surface area contributed by atoms with Gasteiger partial charge in [-0.1, -0.05) is 11.2 Å². The number of nitrogens with zero attached hydrogens (tertiary/aromatic N) is 1. The summed E-state index contributed by atoms with van der Waals surface area (Å²) in [5.41, 5.74) is 2.92. The number of carbonyl (C=O) groups excluding carboxylic acids is 1. The highest BCUT2D eigenvalue weighted by atomic mass is 16.8. The fourth-order valence-corrected chi connectivity index (χ4v) is 1.97. The Morgan fingerprint density at radius 3 is 2.83 bits per heavy atom. The molecule has 1 aliphatic rings. The predicted octanol–water partition coefficient (Wildman–Crippen LogP) is 2.52. The third kappa shape index (κ3) is 2.61. The van der Waals surface area contributed by atoms with Gasteiger partial charge in [0.1, 0.15) is 5.75 Å². The lowest BCUT2D eigenvalue weighted by molar-refractivity contribution is 0.0751. The largest absolute Gasteiger partial charge is 0.534 e. The minimum atomic E-state index is -0.808. The molecule has 0 unspecified atom stereocenters. The van der Waals surface area contributed by atoms with E-state index in [0.717, 1.165) is 36.3 Å². The van der Waals surface area contributed by atoms with Gasteiger partial charge in [0, 0.05) is 5.56 Å². The standard InChI is InChI=1S/C13H15NO4/c1-16-10-7-6-9-4-3-5-12(11(9)8-10)14-18-13(15)17-2/h6-8H,3-5H2,1-2H3/b14-12+. The zero-order valence-corrected chi connectivity index (χ0v) is 10.4. The van der Waals surface area contributed by atoms with Crippen molar-refractivity contribution in [1.29, 1.82) is 0 Å². The molecular weight excluding hydrogens is 234 g/mol. The summed E-state index contributed by atoms with van der Waals surface area (Å²) in [7, 11) is 2.87. The van der Waals surface area contributed by atoms with Crippen molar-refractivity contribution < 1.29 is 19.1 Å². The summed E-state index contributed by atoms with van der Waals surface area (Å²) in [4.78, 5) is 15.6. The van der Waals surface area contributed by atoms with Gasteiger partial charge in [-0.3, -0.25) is 4.84 Å². The monoisotopic (exact) mass is 249 g/mol. The number of oxime groups is 1. The summed E-state index contributed by atoms with van der Waals surface area (Å²) in [5, 5.41) is 3.86. The summed E-state index contributed by atoms with van der Waals surface area (Å²) in [5.74, 6) is 0.765. The maximum absolute atomic E-state index is 10.9. The number of methoxy groups -OCH3 is 2. The summed E-state index contributed by atoms with van der Waals surface area (Å²) < 4.78 is 9.57. The van der Waals surface area contributed by atoms with Gasteiger partial charge in [-0.05, 0) is 37.0 Å². The van der Waals surface area contributed by atoms with E-state index >= 15 is 0 Å². The Bertz CT molecular complexity index is 482. The number of hydrogen-bond donors (Lipinski definition) is 0. The average Bonchev–Trinajstić information content (AvgIpc) is 2.43. The molecule has 0 aromatic heterocycles. The van der Waals surface area contributed by atoms with Crippen molar-refractivity contribution in [2.75, 3.05) is 14.2 Å². The van der Waals surface area contributed by atoms with Gasteiger partial charge < -0.3 is 9.47 Å². The van der Waals surface area contributed by atoms with Crippen molar-refractivity contribution in [2.45, 2.75) is 19.3 Å². The highest BCUT2D eigenvalue weighted by molar-refractivity contribution is 6.02. The maximum atomic E-state index is 10.9. The number of hydrogen-bond acceptors (Lipinski definition) is 5. The lowest BCUT2D eigenvalue weighted by atomic mass is 9.90. The van der Waals surface area contributed by atoms with Crippen molar-refractivity contribution >= 4 is 11.9 Å². The van der Waals surface area contributed by atoms with Crippen molar-refractivity contribution in [3.8, 4) is 5.75 Å². The molecule has 0 saturated carbocycles. The molecule has 1 aromatic carbocycles. The molecule has 0 aliphatic heterocycles. The molecule has 0 fully saturated rings. The molecule has 0 bridgehead atoms. The Labute approximate surface area is 105 Å². The van der Waals surface area contributed by atoms with E-state index in [1.165, 1.54) is 12.7 Å². The van der Waals surface area contributed by atoms with E-state index in [1.807, 2.05) is 18.2 Å². The van der Waals surface area contributed by atoms with Gasteiger partial charge in [0.25, 0.3) is 0 Å². The Kier molecular flexibility index (Phi) is 3.82. The van der Waals surface area contributed by atoms with Crippen molar-refractivity contribution in [3.63, 3.8) is 0 Å². The van der Waals surface area contributed by atoms with E-state index < -0.39 is 6.16 Å². The third-order valence-electron chi connectivity index (χ3n) is 2.88. The first kappa shape index (κ1) is 12.4. The van der Waals surface area contributed by atoms with Crippen LogP contribution in [0.2, 0.25) is 0 Å². The van der Waals surface area contributed by atoms with Crippen LogP contribution in [0, 0.1) is 0 Å². The van der Waals surface area contributed by atoms with Crippen LogP contribution in [0.3, 0.4) is 0 Å². The number of fused-ring (bicyclic) bond motifs is 1. The predicted molar refractivity (Wildman–Crippen MR) is 66.0 cm³/mol. The highest BCUT2D eigenvalue weighted by Crippen LogP contribution is 2.26. The Balaban J connectivity index is 2.28. The van der Waals surface area contributed by atoms with Crippen LogP contribution in [-0.4, -0.2) is 26.1 Å². The second-order valence-corrected chi connectivity index (χ2v) is 3.96. The lowest BCUT2D eigenvalue weighted by Gasteiger charge is -2.17. The van der Waals surface area contributed by atoms with Crippen LogP contribution in [0.4, 0.5) is 4.79 Å². The van der Waals surface area contributed by atoms with E-state index in [9.17, 15) is 4.79 Å². The van der Waals surface area contributed by atoms with Gasteiger partial charge in [-0.25, -0.2) is 4.79 Å². The molecule has 0 saturated heterocycles. The van der Waals surface area contributed by atoms with E-state index in [-0.39, 0.29) is 0 Å². The first-order valence-corrected chi connectivity index (χ1v) is 5.73. The number of carbonyl (C=O) groups is 1. The normalized spacial score (nSPS) is 16.0. The van der Waals surface area contributed by atoms with Crippen LogP contribution >= 0.6 is 0 Å². The quantitative estimate of drug-likeness (QED) is 0.459. The van der Waals surface area contributed by atoms with Crippen LogP contribution in [0.5, 0.6) is 5.75 Å². The molecule has 1 aliphatic carbocycles. The molecule has 18 heavy (non-hydrogen) atoms.